The van der Waals surface area contributed by atoms with Gasteiger partial charge < -0.3 is 0 Å². The zero-order valence-corrected chi connectivity index (χ0v) is 7.66. The summed E-state index contributed by atoms with van der Waals surface area (Å²) in [4.78, 5) is 0. The third-order valence-electron chi connectivity index (χ3n) is 0. The Morgan fingerprint density at radius 1 is 1.50 bits per heavy atom. The van der Waals surface area contributed by atoms with Crippen LogP contribution in [0.25, 0.3) is 0 Å². The number of rotatable bonds is 0. The zero-order chi connectivity index (χ0) is 3.58. The van der Waals surface area contributed by atoms with Gasteiger partial charge in [0.15, 0.2) is 0 Å². The molecule has 0 nitrogen and oxygen atoms in total. The molecule has 0 N–H and O–H groups in total. The van der Waals surface area contributed by atoms with Crippen LogP contribution in [0.3, 0.4) is 0 Å². The summed E-state index contributed by atoms with van der Waals surface area (Å²) in [5, 5.41) is 0. The minimum atomic E-state index is -1.71. The Bertz CT molecular complexity index is 10.8. The second kappa shape index (κ2) is 2.72. The maximum atomic E-state index is 5.25. The van der Waals surface area contributed by atoms with Crippen molar-refractivity contribution >= 4 is 36.9 Å². The third kappa shape index (κ3) is 9.72. The molecule has 0 aromatic heterocycles. The molecule has 0 fully saturated rings. The van der Waals surface area contributed by atoms with Crippen LogP contribution < -0.4 is 0 Å². The van der Waals surface area contributed by atoms with Crippen LogP contribution in [-0.4, -0.2) is 20.3 Å². The predicted molar refractivity (Wildman–Crippen MR) is 23.3 cm³/mol. The van der Waals surface area contributed by atoms with Crippen LogP contribution in [0.2, 0.25) is 4.48 Å². The molecule has 0 atom stereocenters. The van der Waals surface area contributed by atoms with Crippen LogP contribution >= 0.6 is 16.6 Å². The van der Waals surface area contributed by atoms with Gasteiger partial charge >= 0.3 is 41.4 Å². The van der Waals surface area contributed by atoms with E-state index >= 15 is 0 Å². The molecule has 0 aliphatic rings. The third-order valence-corrected chi connectivity index (χ3v) is 0. The molecule has 0 aromatic rings. The minimum absolute atomic E-state index is 1.71. The van der Waals surface area contributed by atoms with Gasteiger partial charge in [0.05, 0.1) is 0 Å². The van der Waals surface area contributed by atoms with E-state index in [0.29, 0.717) is 0 Å². The SMILES string of the molecule is [CH3][Pb]([Cl])[Cl]. The average molecular weight is 293 g/mol. The molecule has 1 radical (unpaired) electrons. The predicted octanol–water partition coefficient (Wildman–Crippen LogP) is 1.58. The number of halogens is 2. The van der Waals surface area contributed by atoms with Crippen molar-refractivity contribution in [2.24, 2.45) is 0 Å². The Labute approximate surface area is 41.2 Å². The van der Waals surface area contributed by atoms with E-state index in [9.17, 15) is 0 Å². The molecule has 0 unspecified atom stereocenters. The van der Waals surface area contributed by atoms with Gasteiger partial charge in [-0.1, -0.05) is 0 Å². The zero-order valence-electron chi connectivity index (χ0n) is 2.26. The summed E-state index contributed by atoms with van der Waals surface area (Å²) in [6.07, 6.45) is 0. The van der Waals surface area contributed by atoms with Crippen molar-refractivity contribution in [3.05, 3.63) is 0 Å². The topological polar surface area (TPSA) is 0 Å². The summed E-state index contributed by atoms with van der Waals surface area (Å²) in [6, 6.07) is 0. The first-order valence-electron chi connectivity index (χ1n) is 0.878. The molecule has 0 heterocycles. The first-order valence-corrected chi connectivity index (χ1v) is 14.3. The molecule has 0 spiro atoms. The fourth-order valence-corrected chi connectivity index (χ4v) is 0. The summed E-state index contributed by atoms with van der Waals surface area (Å²) in [7, 11) is 10.5. The van der Waals surface area contributed by atoms with Crippen molar-refractivity contribution in [2.45, 2.75) is 4.48 Å². The summed E-state index contributed by atoms with van der Waals surface area (Å²) < 4.78 is 1.91. The standard InChI is InChI=1S/CH3.2ClH.Pb/h1H3;2*1H;/q;;;+2/p-2. The van der Waals surface area contributed by atoms with Gasteiger partial charge in [-0.2, -0.15) is 0 Å². The van der Waals surface area contributed by atoms with Crippen molar-refractivity contribution in [3.63, 3.8) is 0 Å². The molecule has 3 heteroatoms. The van der Waals surface area contributed by atoms with Gasteiger partial charge in [-0.25, -0.2) is 0 Å². The Kier molecular flexibility index (Phi) is 3.75. The molecular weight excluding hydrogens is 290 g/mol. The van der Waals surface area contributed by atoms with E-state index in [1.165, 1.54) is 0 Å². The number of hydrogen-bond acceptors (Lipinski definition) is 0. The van der Waals surface area contributed by atoms with E-state index in [1.807, 2.05) is 4.48 Å². The van der Waals surface area contributed by atoms with E-state index in [1.54, 1.807) is 0 Å². The van der Waals surface area contributed by atoms with Crippen LogP contribution in [0, 0.1) is 0 Å². The molecule has 0 aliphatic carbocycles. The summed E-state index contributed by atoms with van der Waals surface area (Å²) >= 11 is -1.71. The second-order valence-electron chi connectivity index (χ2n) is 0.449. The molecule has 0 rings (SSSR count). The van der Waals surface area contributed by atoms with Gasteiger partial charge in [0.1, 0.15) is 0 Å². The van der Waals surface area contributed by atoms with E-state index in [0.717, 1.165) is 0 Å². The molecule has 0 aromatic carbocycles. The molecular formula is CH3Cl2Pb. The molecule has 4 heavy (non-hydrogen) atoms. The average Bonchev–Trinajstić information content (AvgIpc) is 0.811. The molecule has 0 aliphatic heterocycles. The Morgan fingerprint density at radius 3 is 1.50 bits per heavy atom. The van der Waals surface area contributed by atoms with Gasteiger partial charge in [-0.15, -0.1) is 0 Å². The quantitative estimate of drug-likeness (QED) is 0.595. The maximum absolute atomic E-state index is 5.25. The van der Waals surface area contributed by atoms with Crippen molar-refractivity contribution in [3.8, 4) is 0 Å². The molecule has 0 saturated carbocycles. The normalized spacial score (nSPS) is 9.00. The van der Waals surface area contributed by atoms with E-state index < -0.39 is 20.3 Å². The van der Waals surface area contributed by atoms with Gasteiger partial charge in [-0.05, 0) is 0 Å². The first-order chi connectivity index (χ1) is 1.73. The molecule has 25 valence electrons. The van der Waals surface area contributed by atoms with Crippen LogP contribution in [0.4, 0.5) is 0 Å². The van der Waals surface area contributed by atoms with Crippen molar-refractivity contribution in [2.75, 3.05) is 0 Å². The number of hydrogen-bond donors (Lipinski definition) is 0. The van der Waals surface area contributed by atoms with Gasteiger partial charge in [-0.3, -0.25) is 0 Å². The monoisotopic (exact) mass is 293 g/mol. The van der Waals surface area contributed by atoms with Gasteiger partial charge in [0, 0.05) is 0 Å². The Hall–Kier alpha value is 1.50. The Morgan fingerprint density at radius 2 is 1.50 bits per heavy atom. The van der Waals surface area contributed by atoms with E-state index in [4.69, 9.17) is 16.6 Å². The summed E-state index contributed by atoms with van der Waals surface area (Å²) in [5.74, 6) is 0. The first kappa shape index (κ1) is 5.50. The van der Waals surface area contributed by atoms with Crippen LogP contribution in [0.1, 0.15) is 0 Å². The fraction of sp³-hybridized carbons (Fsp3) is 1.00. The van der Waals surface area contributed by atoms with Gasteiger partial charge in [0.2, 0.25) is 0 Å². The van der Waals surface area contributed by atoms with Crippen molar-refractivity contribution < 1.29 is 0 Å². The van der Waals surface area contributed by atoms with Crippen molar-refractivity contribution in [1.82, 2.24) is 0 Å². The van der Waals surface area contributed by atoms with Crippen LogP contribution in [0.15, 0.2) is 0 Å². The van der Waals surface area contributed by atoms with Crippen LogP contribution in [-0.2, 0) is 0 Å². The molecule has 0 bridgehead atoms. The summed E-state index contributed by atoms with van der Waals surface area (Å²) in [6.45, 7) is 0. The molecule has 0 amide bonds. The Balaban J connectivity index is 2.32. The second-order valence-corrected chi connectivity index (χ2v) is 15.6. The fourth-order valence-electron chi connectivity index (χ4n) is 0. The van der Waals surface area contributed by atoms with Crippen LogP contribution in [0.5, 0.6) is 0 Å². The van der Waals surface area contributed by atoms with E-state index in [-0.39, 0.29) is 0 Å². The molecule has 0 saturated heterocycles. The van der Waals surface area contributed by atoms with Gasteiger partial charge in [0.25, 0.3) is 0 Å². The van der Waals surface area contributed by atoms with E-state index in [2.05, 4.69) is 0 Å². The summed E-state index contributed by atoms with van der Waals surface area (Å²) in [5.41, 5.74) is 0. The van der Waals surface area contributed by atoms with Crippen molar-refractivity contribution in [1.29, 1.82) is 0 Å².